The van der Waals surface area contributed by atoms with Crippen molar-refractivity contribution in [2.45, 2.75) is 49.7 Å². The van der Waals surface area contributed by atoms with Gasteiger partial charge < -0.3 is 14.7 Å². The second-order valence-corrected chi connectivity index (χ2v) is 12.6. The van der Waals surface area contributed by atoms with Crippen molar-refractivity contribution in [3.8, 4) is 5.75 Å². The van der Waals surface area contributed by atoms with E-state index in [-0.39, 0.29) is 0 Å². The molecule has 1 saturated heterocycles. The third-order valence-electron chi connectivity index (χ3n) is 7.52. The van der Waals surface area contributed by atoms with Gasteiger partial charge in [0.05, 0.1) is 10.6 Å². The highest BCUT2D eigenvalue weighted by molar-refractivity contribution is 7.97. The summed E-state index contributed by atoms with van der Waals surface area (Å²) in [4.78, 5) is 3.80. The van der Waals surface area contributed by atoms with Gasteiger partial charge in [-0.05, 0) is 99.1 Å². The fourth-order valence-corrected chi connectivity index (χ4v) is 6.17. The summed E-state index contributed by atoms with van der Waals surface area (Å²) in [5.74, 6) is 0.733. The standard InChI is InChI=1S/C22H30N2OS.C14H13ClO/c1-23(26-21-12-6-3-7-13-21)16-8-9-17-24-18-14-22(25,15-19-24)20-10-4-2-5-11-20;1-11-7-8-14(13(15)9-11)16-10-12-5-3-2-4-6-12/h2-7,10-13,25H,8-9,14-19H2,1H3;2-9H,10H2,1H3. The zero-order valence-electron chi connectivity index (χ0n) is 24.8. The summed E-state index contributed by atoms with van der Waals surface area (Å²) in [6.07, 6.45) is 4.08. The Morgan fingerprint density at radius 2 is 1.48 bits per heavy atom. The molecule has 0 aliphatic carbocycles. The number of aryl methyl sites for hydroxylation is 1. The number of hydrogen-bond acceptors (Lipinski definition) is 5. The Morgan fingerprint density at radius 3 is 2.12 bits per heavy atom. The van der Waals surface area contributed by atoms with Crippen molar-refractivity contribution in [3.05, 3.63) is 131 Å². The van der Waals surface area contributed by atoms with Crippen LogP contribution in [0.1, 0.15) is 42.4 Å². The highest BCUT2D eigenvalue weighted by Crippen LogP contribution is 2.32. The van der Waals surface area contributed by atoms with Crippen LogP contribution in [0.2, 0.25) is 5.02 Å². The van der Waals surface area contributed by atoms with Crippen LogP contribution in [0.15, 0.2) is 114 Å². The number of ether oxygens (including phenoxy) is 1. The molecular formula is C36H43ClN2O2S. The van der Waals surface area contributed by atoms with E-state index in [4.69, 9.17) is 16.3 Å². The molecule has 0 amide bonds. The van der Waals surface area contributed by atoms with E-state index in [1.807, 2.05) is 85.6 Å². The van der Waals surface area contributed by atoms with Crippen molar-refractivity contribution in [1.29, 1.82) is 0 Å². The van der Waals surface area contributed by atoms with Crippen LogP contribution in [0.3, 0.4) is 0 Å². The summed E-state index contributed by atoms with van der Waals surface area (Å²) in [5.41, 5.74) is 2.71. The van der Waals surface area contributed by atoms with Crippen LogP contribution in [-0.4, -0.2) is 47.5 Å². The number of unbranched alkanes of at least 4 members (excludes halogenated alkanes) is 1. The highest BCUT2D eigenvalue weighted by atomic mass is 35.5. The Hall–Kier alpha value is -2.80. The second kappa shape index (κ2) is 16.7. The smallest absolute Gasteiger partial charge is 0.138 e. The van der Waals surface area contributed by atoms with Crippen LogP contribution < -0.4 is 4.74 Å². The molecule has 1 aliphatic rings. The Balaban J connectivity index is 0.000000216. The average molecular weight is 603 g/mol. The maximum Gasteiger partial charge on any atom is 0.138 e. The van der Waals surface area contributed by atoms with Gasteiger partial charge in [0, 0.05) is 24.5 Å². The Bertz CT molecular complexity index is 1320. The van der Waals surface area contributed by atoms with Gasteiger partial charge in [0.25, 0.3) is 0 Å². The van der Waals surface area contributed by atoms with E-state index in [2.05, 4.69) is 58.7 Å². The summed E-state index contributed by atoms with van der Waals surface area (Å²) < 4.78 is 7.97. The lowest BCUT2D eigenvalue weighted by Gasteiger charge is -2.38. The van der Waals surface area contributed by atoms with Gasteiger partial charge in [-0.2, -0.15) is 0 Å². The van der Waals surface area contributed by atoms with Crippen molar-refractivity contribution >= 4 is 23.5 Å². The topological polar surface area (TPSA) is 35.9 Å². The van der Waals surface area contributed by atoms with Gasteiger partial charge in [-0.25, -0.2) is 4.31 Å². The van der Waals surface area contributed by atoms with Crippen LogP contribution in [0.5, 0.6) is 5.75 Å². The van der Waals surface area contributed by atoms with Gasteiger partial charge in [0.2, 0.25) is 0 Å². The van der Waals surface area contributed by atoms with Crippen LogP contribution in [0, 0.1) is 6.92 Å². The van der Waals surface area contributed by atoms with Gasteiger partial charge in [0.1, 0.15) is 12.4 Å². The van der Waals surface area contributed by atoms with Crippen molar-refractivity contribution < 1.29 is 9.84 Å². The lowest BCUT2D eigenvalue weighted by atomic mass is 9.84. The van der Waals surface area contributed by atoms with Crippen LogP contribution in [0.4, 0.5) is 0 Å². The molecular weight excluding hydrogens is 560 g/mol. The predicted molar refractivity (Wildman–Crippen MR) is 177 cm³/mol. The number of aliphatic hydroxyl groups is 1. The molecule has 4 nitrogen and oxygen atoms in total. The summed E-state index contributed by atoms with van der Waals surface area (Å²) in [6, 6.07) is 36.5. The number of halogens is 1. The maximum absolute atomic E-state index is 10.9. The van der Waals surface area contributed by atoms with Crippen LogP contribution >= 0.6 is 23.5 Å². The van der Waals surface area contributed by atoms with Crippen LogP contribution in [-0.2, 0) is 12.2 Å². The molecule has 4 aromatic rings. The zero-order chi connectivity index (χ0) is 29.6. The summed E-state index contributed by atoms with van der Waals surface area (Å²) in [6.45, 7) is 6.76. The minimum Gasteiger partial charge on any atom is -0.487 e. The minimum atomic E-state index is -0.635. The Labute approximate surface area is 261 Å². The number of benzene rings is 4. The first-order chi connectivity index (χ1) is 20.4. The number of nitrogens with zero attached hydrogens (tertiary/aromatic N) is 2. The molecule has 1 aliphatic heterocycles. The molecule has 1 fully saturated rings. The van der Waals surface area contributed by atoms with Crippen molar-refractivity contribution in [2.75, 3.05) is 33.2 Å². The Kier molecular flexibility index (Phi) is 12.8. The number of rotatable bonds is 11. The SMILES string of the molecule is CN(CCCCN1CCC(O)(c2ccccc2)CC1)Sc1ccccc1.Cc1ccc(OCc2ccccc2)c(Cl)c1. The monoisotopic (exact) mass is 602 g/mol. The molecule has 4 aromatic carbocycles. The van der Waals surface area contributed by atoms with Gasteiger partial charge >= 0.3 is 0 Å². The maximum atomic E-state index is 10.9. The number of piperidine rings is 1. The first-order valence-corrected chi connectivity index (χ1v) is 15.9. The fourth-order valence-electron chi connectivity index (χ4n) is 5.02. The van der Waals surface area contributed by atoms with E-state index < -0.39 is 5.60 Å². The molecule has 1 N–H and O–H groups in total. The molecule has 222 valence electrons. The number of hydrogen-bond donors (Lipinski definition) is 1. The minimum absolute atomic E-state index is 0.545. The van der Waals surface area contributed by atoms with E-state index in [1.165, 1.54) is 17.7 Å². The molecule has 0 saturated carbocycles. The average Bonchev–Trinajstić information content (AvgIpc) is 3.02. The largest absolute Gasteiger partial charge is 0.487 e. The summed E-state index contributed by atoms with van der Waals surface area (Å²) >= 11 is 7.88. The molecule has 0 unspecified atom stereocenters. The molecule has 0 bridgehead atoms. The first kappa shape index (κ1) is 32.1. The summed E-state index contributed by atoms with van der Waals surface area (Å²) in [5, 5.41) is 11.6. The predicted octanol–water partition coefficient (Wildman–Crippen LogP) is 8.62. The molecule has 6 heteroatoms. The molecule has 0 aromatic heterocycles. The fraction of sp³-hybridized carbons (Fsp3) is 0.333. The normalized spacial score (nSPS) is 14.7. The van der Waals surface area contributed by atoms with Gasteiger partial charge in [-0.1, -0.05) is 96.5 Å². The lowest BCUT2D eigenvalue weighted by Crippen LogP contribution is -2.42. The molecule has 0 spiro atoms. The molecule has 42 heavy (non-hydrogen) atoms. The summed E-state index contributed by atoms with van der Waals surface area (Å²) in [7, 11) is 2.17. The van der Waals surface area contributed by atoms with E-state index in [1.54, 1.807) is 0 Å². The van der Waals surface area contributed by atoms with Crippen LogP contribution in [0.25, 0.3) is 0 Å². The highest BCUT2D eigenvalue weighted by Gasteiger charge is 2.33. The second-order valence-electron chi connectivity index (χ2n) is 10.9. The van der Waals surface area contributed by atoms with Gasteiger partial charge in [0.15, 0.2) is 0 Å². The van der Waals surface area contributed by atoms with Gasteiger partial charge in [-0.15, -0.1) is 0 Å². The Morgan fingerprint density at radius 1 is 0.857 bits per heavy atom. The molecule has 5 rings (SSSR count). The molecule has 0 atom stereocenters. The van der Waals surface area contributed by atoms with E-state index in [0.717, 1.165) is 61.5 Å². The van der Waals surface area contributed by atoms with E-state index in [9.17, 15) is 5.11 Å². The van der Waals surface area contributed by atoms with E-state index >= 15 is 0 Å². The zero-order valence-corrected chi connectivity index (χ0v) is 26.4. The molecule has 0 radical (unpaired) electrons. The van der Waals surface area contributed by atoms with Gasteiger partial charge in [-0.3, -0.25) is 0 Å². The number of likely N-dealkylation sites (tertiary alicyclic amines) is 1. The third kappa shape index (κ3) is 10.5. The third-order valence-corrected chi connectivity index (χ3v) is 8.79. The quantitative estimate of drug-likeness (QED) is 0.137. The van der Waals surface area contributed by atoms with Crippen molar-refractivity contribution in [2.24, 2.45) is 0 Å². The van der Waals surface area contributed by atoms with Crippen molar-refractivity contribution in [3.63, 3.8) is 0 Å². The lowest BCUT2D eigenvalue weighted by molar-refractivity contribution is -0.0261. The van der Waals surface area contributed by atoms with Crippen molar-refractivity contribution in [1.82, 2.24) is 9.21 Å². The van der Waals surface area contributed by atoms with E-state index in [0.29, 0.717) is 11.6 Å². The first-order valence-electron chi connectivity index (χ1n) is 14.8. The molecule has 1 heterocycles.